The molecule has 0 spiro atoms. The molecule has 2 heterocycles. The third-order valence-corrected chi connectivity index (χ3v) is 3.14. The molecule has 0 aliphatic carbocycles. The van der Waals surface area contributed by atoms with Gasteiger partial charge in [0.2, 0.25) is 0 Å². The molecule has 0 radical (unpaired) electrons. The highest BCUT2D eigenvalue weighted by Gasteiger charge is 2.22. The second-order valence-corrected chi connectivity index (χ2v) is 4.65. The summed E-state index contributed by atoms with van der Waals surface area (Å²) in [5.41, 5.74) is 0.970. The van der Waals surface area contributed by atoms with Crippen LogP contribution in [-0.4, -0.2) is 37.3 Å². The molecule has 1 N–H and O–H groups in total. The summed E-state index contributed by atoms with van der Waals surface area (Å²) in [5.74, 6) is 0. The SMILES string of the molecule is CCCNCc1coc(N2CCOC(CC)C2)n1. The molecule has 18 heavy (non-hydrogen) atoms. The zero-order valence-corrected chi connectivity index (χ0v) is 11.3. The Morgan fingerprint density at radius 2 is 2.39 bits per heavy atom. The van der Waals surface area contributed by atoms with E-state index in [1.807, 2.05) is 0 Å². The molecule has 2 rings (SSSR count). The lowest BCUT2D eigenvalue weighted by atomic mass is 10.2. The molecule has 1 fully saturated rings. The lowest BCUT2D eigenvalue weighted by Crippen LogP contribution is -2.42. The van der Waals surface area contributed by atoms with Crippen molar-refractivity contribution in [3.63, 3.8) is 0 Å². The molecule has 1 aromatic heterocycles. The van der Waals surface area contributed by atoms with Gasteiger partial charge >= 0.3 is 0 Å². The Hall–Kier alpha value is -1.07. The number of hydrogen-bond acceptors (Lipinski definition) is 5. The van der Waals surface area contributed by atoms with E-state index < -0.39 is 0 Å². The van der Waals surface area contributed by atoms with Crippen molar-refractivity contribution in [2.45, 2.75) is 39.3 Å². The first kappa shape index (κ1) is 13.4. The van der Waals surface area contributed by atoms with Gasteiger partial charge in [0.25, 0.3) is 6.01 Å². The van der Waals surface area contributed by atoms with Gasteiger partial charge in [0.05, 0.1) is 18.4 Å². The Labute approximate surface area is 109 Å². The molecular weight excluding hydrogens is 230 g/mol. The molecule has 5 heteroatoms. The Bertz CT molecular complexity index is 354. The van der Waals surface area contributed by atoms with Crippen LogP contribution in [0.15, 0.2) is 10.7 Å². The van der Waals surface area contributed by atoms with E-state index in [1.54, 1.807) is 6.26 Å². The molecule has 1 saturated heterocycles. The maximum Gasteiger partial charge on any atom is 0.297 e. The van der Waals surface area contributed by atoms with E-state index in [0.717, 1.165) is 57.3 Å². The van der Waals surface area contributed by atoms with Gasteiger partial charge in [-0.15, -0.1) is 0 Å². The minimum absolute atomic E-state index is 0.298. The van der Waals surface area contributed by atoms with Crippen molar-refractivity contribution in [1.29, 1.82) is 0 Å². The number of morpholine rings is 1. The summed E-state index contributed by atoms with van der Waals surface area (Å²) >= 11 is 0. The Kier molecular flexibility index (Phi) is 5.01. The number of nitrogens with one attached hydrogen (secondary N) is 1. The smallest absolute Gasteiger partial charge is 0.297 e. The van der Waals surface area contributed by atoms with Crippen LogP contribution in [0.3, 0.4) is 0 Å². The fourth-order valence-electron chi connectivity index (χ4n) is 2.06. The molecule has 0 aromatic carbocycles. The quantitative estimate of drug-likeness (QED) is 0.783. The van der Waals surface area contributed by atoms with Gasteiger partial charge < -0.3 is 19.4 Å². The first-order valence-electron chi connectivity index (χ1n) is 6.85. The van der Waals surface area contributed by atoms with Gasteiger partial charge in [-0.05, 0) is 19.4 Å². The number of nitrogens with zero attached hydrogens (tertiary/aromatic N) is 2. The number of ether oxygens (including phenoxy) is 1. The van der Waals surface area contributed by atoms with Crippen molar-refractivity contribution < 1.29 is 9.15 Å². The van der Waals surface area contributed by atoms with Crippen LogP contribution in [0.1, 0.15) is 32.4 Å². The van der Waals surface area contributed by atoms with E-state index in [4.69, 9.17) is 9.15 Å². The van der Waals surface area contributed by atoms with E-state index >= 15 is 0 Å². The first-order valence-corrected chi connectivity index (χ1v) is 6.85. The molecule has 1 aromatic rings. The highest BCUT2D eigenvalue weighted by molar-refractivity contribution is 5.28. The minimum atomic E-state index is 0.298. The Balaban J connectivity index is 1.88. The summed E-state index contributed by atoms with van der Waals surface area (Å²) in [5, 5.41) is 3.32. The zero-order chi connectivity index (χ0) is 12.8. The zero-order valence-electron chi connectivity index (χ0n) is 11.3. The average Bonchev–Trinajstić information content (AvgIpc) is 2.88. The van der Waals surface area contributed by atoms with E-state index in [9.17, 15) is 0 Å². The van der Waals surface area contributed by atoms with Crippen LogP contribution in [0.5, 0.6) is 0 Å². The Morgan fingerprint density at radius 3 is 3.17 bits per heavy atom. The molecular formula is C13H23N3O2. The number of aromatic nitrogens is 1. The van der Waals surface area contributed by atoms with Gasteiger partial charge in [0, 0.05) is 19.6 Å². The third-order valence-electron chi connectivity index (χ3n) is 3.14. The summed E-state index contributed by atoms with van der Waals surface area (Å²) in [7, 11) is 0. The van der Waals surface area contributed by atoms with Crippen LogP contribution in [0, 0.1) is 0 Å². The molecule has 5 nitrogen and oxygen atoms in total. The molecule has 1 aliphatic rings. The van der Waals surface area contributed by atoms with Crippen molar-refractivity contribution in [2.75, 3.05) is 31.1 Å². The van der Waals surface area contributed by atoms with E-state index in [-0.39, 0.29) is 0 Å². The van der Waals surface area contributed by atoms with Gasteiger partial charge in [-0.2, -0.15) is 4.98 Å². The molecule has 102 valence electrons. The monoisotopic (exact) mass is 253 g/mol. The van der Waals surface area contributed by atoms with Gasteiger partial charge in [-0.1, -0.05) is 13.8 Å². The van der Waals surface area contributed by atoms with Gasteiger partial charge in [0.1, 0.15) is 6.26 Å². The van der Waals surface area contributed by atoms with Crippen LogP contribution in [-0.2, 0) is 11.3 Å². The van der Waals surface area contributed by atoms with E-state index in [1.165, 1.54) is 0 Å². The van der Waals surface area contributed by atoms with Gasteiger partial charge in [-0.3, -0.25) is 0 Å². The van der Waals surface area contributed by atoms with Crippen LogP contribution < -0.4 is 10.2 Å². The predicted molar refractivity (Wildman–Crippen MR) is 70.7 cm³/mol. The first-order chi connectivity index (χ1) is 8.83. The van der Waals surface area contributed by atoms with Crippen LogP contribution >= 0.6 is 0 Å². The van der Waals surface area contributed by atoms with Gasteiger partial charge in [-0.25, -0.2) is 0 Å². The summed E-state index contributed by atoms with van der Waals surface area (Å²) in [6, 6.07) is 0.727. The third kappa shape index (κ3) is 3.46. The summed E-state index contributed by atoms with van der Waals surface area (Å²) in [6.45, 7) is 8.57. The summed E-state index contributed by atoms with van der Waals surface area (Å²) in [4.78, 5) is 6.68. The maximum absolute atomic E-state index is 5.64. The van der Waals surface area contributed by atoms with Crippen LogP contribution in [0.2, 0.25) is 0 Å². The second kappa shape index (κ2) is 6.75. The maximum atomic E-state index is 5.64. The lowest BCUT2D eigenvalue weighted by Gasteiger charge is -2.31. The minimum Gasteiger partial charge on any atom is -0.432 e. The Morgan fingerprint density at radius 1 is 1.50 bits per heavy atom. The molecule has 1 atom stereocenters. The van der Waals surface area contributed by atoms with Crippen LogP contribution in [0.25, 0.3) is 0 Å². The number of oxazole rings is 1. The van der Waals surface area contributed by atoms with Crippen molar-refractivity contribution in [1.82, 2.24) is 10.3 Å². The van der Waals surface area contributed by atoms with Crippen molar-refractivity contribution in [2.24, 2.45) is 0 Å². The van der Waals surface area contributed by atoms with Crippen molar-refractivity contribution >= 4 is 6.01 Å². The second-order valence-electron chi connectivity index (χ2n) is 4.65. The number of anilines is 1. The van der Waals surface area contributed by atoms with E-state index in [2.05, 4.69) is 29.0 Å². The fourth-order valence-corrected chi connectivity index (χ4v) is 2.06. The van der Waals surface area contributed by atoms with Crippen LogP contribution in [0.4, 0.5) is 6.01 Å². The summed E-state index contributed by atoms with van der Waals surface area (Å²) in [6.07, 6.45) is 4.20. The lowest BCUT2D eigenvalue weighted by molar-refractivity contribution is 0.0367. The van der Waals surface area contributed by atoms with Crippen molar-refractivity contribution in [3.8, 4) is 0 Å². The average molecular weight is 253 g/mol. The predicted octanol–water partition coefficient (Wildman–Crippen LogP) is 1.79. The molecule has 0 saturated carbocycles. The molecule has 1 unspecified atom stereocenters. The molecule has 1 aliphatic heterocycles. The molecule has 0 amide bonds. The van der Waals surface area contributed by atoms with Crippen molar-refractivity contribution in [3.05, 3.63) is 12.0 Å². The largest absolute Gasteiger partial charge is 0.432 e. The topological polar surface area (TPSA) is 50.5 Å². The number of hydrogen-bond donors (Lipinski definition) is 1. The summed E-state index contributed by atoms with van der Waals surface area (Å²) < 4.78 is 11.2. The highest BCUT2D eigenvalue weighted by atomic mass is 16.5. The van der Waals surface area contributed by atoms with Gasteiger partial charge in [0.15, 0.2) is 0 Å². The normalized spacial score (nSPS) is 20.3. The fraction of sp³-hybridized carbons (Fsp3) is 0.769. The number of rotatable bonds is 6. The van der Waals surface area contributed by atoms with E-state index in [0.29, 0.717) is 6.10 Å². The highest BCUT2D eigenvalue weighted by Crippen LogP contribution is 2.18. The standard InChI is InChI=1S/C13H23N3O2/c1-3-5-14-8-11-10-18-13(15-11)16-6-7-17-12(4-2)9-16/h10,12,14H,3-9H2,1-2H3. The molecule has 0 bridgehead atoms.